The van der Waals surface area contributed by atoms with Gasteiger partial charge in [-0.3, -0.25) is 9.78 Å². The zero-order chi connectivity index (χ0) is 21.7. The fourth-order valence-electron chi connectivity index (χ4n) is 4.21. The van der Waals surface area contributed by atoms with Crippen LogP contribution >= 0.6 is 15.9 Å². The van der Waals surface area contributed by atoms with Crippen molar-refractivity contribution in [3.63, 3.8) is 0 Å². The number of fused-ring (bicyclic) bond motifs is 3. The normalized spacial score (nSPS) is 15.7. The molecule has 1 aliphatic rings. The van der Waals surface area contributed by atoms with Crippen molar-refractivity contribution in [3.8, 4) is 17.3 Å². The molecule has 0 unspecified atom stereocenters. The van der Waals surface area contributed by atoms with Gasteiger partial charge in [-0.15, -0.1) is 0 Å². The quantitative estimate of drug-likeness (QED) is 0.358. The van der Waals surface area contributed by atoms with Gasteiger partial charge in [0.25, 0.3) is 5.56 Å². The first-order valence-corrected chi connectivity index (χ1v) is 10.5. The molecule has 9 heteroatoms. The first kappa shape index (κ1) is 19.7. The van der Waals surface area contributed by atoms with Gasteiger partial charge in [-0.1, -0.05) is 15.9 Å². The Hall–Kier alpha value is -3.30. The van der Waals surface area contributed by atoms with Gasteiger partial charge in [0.05, 0.1) is 18.8 Å². The molecule has 4 N–H and O–H groups in total. The van der Waals surface area contributed by atoms with Crippen molar-refractivity contribution in [2.24, 2.45) is 0 Å². The predicted octanol–water partition coefficient (Wildman–Crippen LogP) is 2.72. The largest absolute Gasteiger partial charge is 0.497 e. The van der Waals surface area contributed by atoms with Crippen molar-refractivity contribution in [2.75, 3.05) is 13.7 Å². The molecular formula is C22H19BrN4O4. The van der Waals surface area contributed by atoms with Crippen molar-refractivity contribution in [1.29, 1.82) is 0 Å². The summed E-state index contributed by atoms with van der Waals surface area (Å²) in [5.41, 5.74) is 1.96. The molecule has 31 heavy (non-hydrogen) atoms. The maximum atomic E-state index is 12.8. The number of halogens is 1. The number of aromatic hydroxyl groups is 1. The summed E-state index contributed by atoms with van der Waals surface area (Å²) in [4.78, 5) is 31.1. The van der Waals surface area contributed by atoms with Gasteiger partial charge in [0, 0.05) is 27.6 Å². The second-order valence-electron chi connectivity index (χ2n) is 7.37. The van der Waals surface area contributed by atoms with Crippen LogP contribution in [0.4, 0.5) is 0 Å². The van der Waals surface area contributed by atoms with Crippen molar-refractivity contribution >= 4 is 26.8 Å². The average molecular weight is 483 g/mol. The fraction of sp³-hybridized carbons (Fsp3) is 0.182. The molecule has 0 bridgehead atoms. The van der Waals surface area contributed by atoms with E-state index in [1.807, 2.05) is 18.2 Å². The van der Waals surface area contributed by atoms with Gasteiger partial charge in [0.15, 0.2) is 0 Å². The summed E-state index contributed by atoms with van der Waals surface area (Å²) in [7, 11) is 1.62. The van der Waals surface area contributed by atoms with Gasteiger partial charge < -0.3 is 20.1 Å². The molecule has 158 valence electrons. The fourth-order valence-corrected chi connectivity index (χ4v) is 4.47. The molecule has 4 aromatic rings. The number of nitrogens with one attached hydrogen (secondary N) is 3. The molecular weight excluding hydrogens is 464 g/mol. The van der Waals surface area contributed by atoms with E-state index in [2.05, 4.69) is 31.2 Å². The number of H-pyrrole nitrogens is 2. The lowest BCUT2D eigenvalue weighted by Crippen LogP contribution is -2.38. The number of rotatable bonds is 3. The van der Waals surface area contributed by atoms with Crippen molar-refractivity contribution in [2.45, 2.75) is 12.5 Å². The maximum Gasteiger partial charge on any atom is 0.335 e. The lowest BCUT2D eigenvalue weighted by atomic mass is 9.95. The Kier molecular flexibility index (Phi) is 4.71. The van der Waals surface area contributed by atoms with Crippen LogP contribution in [-0.4, -0.2) is 33.3 Å². The number of aromatic nitrogens is 3. The van der Waals surface area contributed by atoms with Crippen molar-refractivity contribution in [3.05, 3.63) is 84.6 Å². The van der Waals surface area contributed by atoms with E-state index in [1.54, 1.807) is 31.4 Å². The molecule has 5 rings (SSSR count). The van der Waals surface area contributed by atoms with E-state index in [1.165, 1.54) is 0 Å². The number of methoxy groups -OCH3 is 1. The van der Waals surface area contributed by atoms with E-state index in [4.69, 9.17) is 4.74 Å². The van der Waals surface area contributed by atoms with Crippen LogP contribution < -0.4 is 21.3 Å². The maximum absolute atomic E-state index is 12.8. The SMILES string of the molecule is COc1ccc2[nH]c3c(c2c1)CCN[C@H]3c1c(O)n(-c2ccc(Br)cc2)c(=O)[nH]c1=O. The number of benzene rings is 2. The highest BCUT2D eigenvalue weighted by molar-refractivity contribution is 9.10. The summed E-state index contributed by atoms with van der Waals surface area (Å²) in [5, 5.41) is 15.4. The van der Waals surface area contributed by atoms with Gasteiger partial charge in [-0.05, 0) is 54.4 Å². The van der Waals surface area contributed by atoms with E-state index in [-0.39, 0.29) is 5.56 Å². The molecule has 2 aromatic carbocycles. The molecule has 2 aromatic heterocycles. The van der Waals surface area contributed by atoms with E-state index >= 15 is 0 Å². The summed E-state index contributed by atoms with van der Waals surface area (Å²) >= 11 is 3.36. The first-order chi connectivity index (χ1) is 15.0. The van der Waals surface area contributed by atoms with Crippen LogP contribution in [0.1, 0.15) is 22.9 Å². The number of ether oxygens (including phenoxy) is 1. The summed E-state index contributed by atoms with van der Waals surface area (Å²) in [6, 6.07) is 12.0. The number of hydrogen-bond donors (Lipinski definition) is 4. The topological polar surface area (TPSA) is 112 Å². The Bertz CT molecular complexity index is 1420. The van der Waals surface area contributed by atoms with Crippen LogP contribution in [0.5, 0.6) is 11.6 Å². The third kappa shape index (κ3) is 3.17. The molecule has 0 fully saturated rings. The Balaban J connectivity index is 1.72. The summed E-state index contributed by atoms with van der Waals surface area (Å²) in [5.74, 6) is 0.353. The lowest BCUT2D eigenvalue weighted by Gasteiger charge is -2.25. The minimum absolute atomic E-state index is 0.0852. The van der Waals surface area contributed by atoms with Gasteiger partial charge in [0.1, 0.15) is 11.3 Å². The van der Waals surface area contributed by atoms with Crippen molar-refractivity contribution < 1.29 is 9.84 Å². The van der Waals surface area contributed by atoms with E-state index < -0.39 is 23.2 Å². The van der Waals surface area contributed by atoms with E-state index in [0.717, 1.165) is 43.4 Å². The molecule has 0 radical (unpaired) electrons. The Labute approximate surface area is 184 Å². The minimum Gasteiger partial charge on any atom is -0.497 e. The lowest BCUT2D eigenvalue weighted by molar-refractivity contribution is 0.409. The third-order valence-electron chi connectivity index (χ3n) is 5.65. The number of hydrogen-bond acceptors (Lipinski definition) is 5. The average Bonchev–Trinajstić information content (AvgIpc) is 3.13. The molecule has 0 amide bonds. The Morgan fingerprint density at radius 2 is 1.90 bits per heavy atom. The van der Waals surface area contributed by atoms with Crippen LogP contribution in [0.15, 0.2) is 56.5 Å². The van der Waals surface area contributed by atoms with Crippen LogP contribution in [0, 0.1) is 0 Å². The second-order valence-corrected chi connectivity index (χ2v) is 8.29. The highest BCUT2D eigenvalue weighted by atomic mass is 79.9. The minimum atomic E-state index is -0.703. The molecule has 0 aliphatic carbocycles. The van der Waals surface area contributed by atoms with Gasteiger partial charge in [0.2, 0.25) is 5.88 Å². The van der Waals surface area contributed by atoms with Gasteiger partial charge in [-0.2, -0.15) is 0 Å². The predicted molar refractivity (Wildman–Crippen MR) is 120 cm³/mol. The molecule has 1 aliphatic heterocycles. The number of nitrogens with zero attached hydrogens (tertiary/aromatic N) is 1. The molecule has 3 heterocycles. The Morgan fingerprint density at radius 3 is 2.65 bits per heavy atom. The van der Waals surface area contributed by atoms with E-state index in [0.29, 0.717) is 12.2 Å². The molecule has 0 saturated carbocycles. The molecule has 8 nitrogen and oxygen atoms in total. The highest BCUT2D eigenvalue weighted by Gasteiger charge is 2.31. The summed E-state index contributed by atoms with van der Waals surface area (Å²) in [6.45, 7) is 0.609. The van der Waals surface area contributed by atoms with Crippen LogP contribution in [0.25, 0.3) is 16.6 Å². The highest BCUT2D eigenvalue weighted by Crippen LogP contribution is 2.36. The summed E-state index contributed by atoms with van der Waals surface area (Å²) in [6.07, 6.45) is 0.754. The monoisotopic (exact) mass is 482 g/mol. The molecule has 1 atom stereocenters. The first-order valence-electron chi connectivity index (χ1n) is 9.74. The van der Waals surface area contributed by atoms with Gasteiger partial charge in [-0.25, -0.2) is 9.36 Å². The van der Waals surface area contributed by atoms with Crippen molar-refractivity contribution in [1.82, 2.24) is 19.9 Å². The zero-order valence-electron chi connectivity index (χ0n) is 16.5. The van der Waals surface area contributed by atoms with Crippen LogP contribution in [0.2, 0.25) is 0 Å². The smallest absolute Gasteiger partial charge is 0.335 e. The number of aromatic amines is 2. The standard InChI is InChI=1S/C22H19BrN4O4/c1-31-13-6-7-16-15(10-13)14-8-9-24-19(18(14)25-16)17-20(28)26-22(30)27(21(17)29)12-4-2-11(23)3-5-12/h2-7,10,19,24-25,29H,8-9H2,1H3,(H,26,28,30)/t19-/m0/s1. The van der Waals surface area contributed by atoms with Gasteiger partial charge >= 0.3 is 5.69 Å². The van der Waals surface area contributed by atoms with Crippen LogP contribution in [0.3, 0.4) is 0 Å². The Morgan fingerprint density at radius 1 is 1.13 bits per heavy atom. The van der Waals surface area contributed by atoms with Crippen LogP contribution in [-0.2, 0) is 6.42 Å². The van der Waals surface area contributed by atoms with E-state index in [9.17, 15) is 14.7 Å². The zero-order valence-corrected chi connectivity index (χ0v) is 18.1. The molecule has 0 saturated heterocycles. The summed E-state index contributed by atoms with van der Waals surface area (Å²) < 4.78 is 7.29. The molecule has 0 spiro atoms. The third-order valence-corrected chi connectivity index (χ3v) is 6.18. The second kappa shape index (κ2) is 7.44.